The normalized spacial score (nSPS) is 14.8. The number of hydrogen-bond acceptors (Lipinski definition) is 3. The predicted octanol–water partition coefficient (Wildman–Crippen LogP) is 4.27. The number of ether oxygens (including phenoxy) is 1. The van der Waals surface area contributed by atoms with Gasteiger partial charge >= 0.3 is 0 Å². The minimum absolute atomic E-state index is 0.0558. The van der Waals surface area contributed by atoms with Crippen molar-refractivity contribution in [3.63, 3.8) is 0 Å². The summed E-state index contributed by atoms with van der Waals surface area (Å²) < 4.78 is 7.60. The maximum Gasteiger partial charge on any atom is 0.260 e. The maximum atomic E-state index is 12.5. The van der Waals surface area contributed by atoms with E-state index in [1.54, 1.807) is 0 Å². The lowest BCUT2D eigenvalue weighted by atomic mass is 9.91. The van der Waals surface area contributed by atoms with Crippen molar-refractivity contribution < 1.29 is 9.53 Å². The molecule has 1 aromatic heterocycles. The molecule has 5 heteroatoms. The molecule has 2 heterocycles. The highest BCUT2D eigenvalue weighted by Crippen LogP contribution is 2.28. The van der Waals surface area contributed by atoms with Crippen molar-refractivity contribution in [2.75, 3.05) is 19.7 Å². The molecule has 1 aliphatic rings. The van der Waals surface area contributed by atoms with E-state index in [9.17, 15) is 4.79 Å². The first-order valence-electron chi connectivity index (χ1n) is 10.2. The number of piperidine rings is 1. The molecule has 0 spiro atoms. The summed E-state index contributed by atoms with van der Waals surface area (Å²) in [6.45, 7) is 5.71. The molecule has 1 amide bonds. The molecule has 29 heavy (non-hydrogen) atoms. The van der Waals surface area contributed by atoms with E-state index in [0.29, 0.717) is 5.92 Å². The summed E-state index contributed by atoms with van der Waals surface area (Å²) in [6, 6.07) is 16.2. The van der Waals surface area contributed by atoms with Crippen LogP contribution in [-0.2, 0) is 4.79 Å². The molecule has 1 fully saturated rings. The second-order valence-electron chi connectivity index (χ2n) is 7.81. The fourth-order valence-electron chi connectivity index (χ4n) is 3.79. The lowest BCUT2D eigenvalue weighted by Gasteiger charge is -2.31. The van der Waals surface area contributed by atoms with E-state index in [1.165, 1.54) is 11.1 Å². The monoisotopic (exact) mass is 389 g/mol. The fraction of sp³-hybridized carbons (Fsp3) is 0.333. The molecule has 2 aromatic carbocycles. The first-order valence-corrected chi connectivity index (χ1v) is 10.2. The topological polar surface area (TPSA) is 47.4 Å². The number of nitrogens with zero attached hydrogens (tertiary/aromatic N) is 3. The van der Waals surface area contributed by atoms with Crippen molar-refractivity contribution in [3.8, 4) is 11.4 Å². The molecule has 3 aromatic rings. The molecule has 1 saturated heterocycles. The van der Waals surface area contributed by atoms with Gasteiger partial charge in [-0.15, -0.1) is 0 Å². The number of carbonyl (C=O) groups is 1. The molecule has 0 saturated carbocycles. The van der Waals surface area contributed by atoms with E-state index in [0.717, 1.165) is 42.9 Å². The maximum absolute atomic E-state index is 12.5. The van der Waals surface area contributed by atoms with Crippen molar-refractivity contribution >= 4 is 5.91 Å². The van der Waals surface area contributed by atoms with Crippen molar-refractivity contribution in [2.45, 2.75) is 32.6 Å². The van der Waals surface area contributed by atoms with E-state index in [4.69, 9.17) is 4.74 Å². The summed E-state index contributed by atoms with van der Waals surface area (Å²) in [5.41, 5.74) is 4.68. The van der Waals surface area contributed by atoms with E-state index in [1.807, 2.05) is 47.0 Å². The predicted molar refractivity (Wildman–Crippen MR) is 114 cm³/mol. The molecular formula is C24H27N3O2. The Morgan fingerprint density at radius 3 is 2.55 bits per heavy atom. The second-order valence-corrected chi connectivity index (χ2v) is 7.81. The number of aryl methyl sites for hydroxylation is 2. The third kappa shape index (κ3) is 4.67. The molecule has 0 unspecified atom stereocenters. The lowest BCUT2D eigenvalue weighted by Crippen LogP contribution is -2.40. The van der Waals surface area contributed by atoms with E-state index < -0.39 is 0 Å². The Hall–Kier alpha value is -3.08. The van der Waals surface area contributed by atoms with Crippen LogP contribution in [0.25, 0.3) is 5.69 Å². The van der Waals surface area contributed by atoms with Gasteiger partial charge in [0, 0.05) is 19.3 Å². The number of amides is 1. The smallest absolute Gasteiger partial charge is 0.260 e. The average molecular weight is 389 g/mol. The molecule has 0 atom stereocenters. The zero-order valence-electron chi connectivity index (χ0n) is 17.0. The van der Waals surface area contributed by atoms with E-state index >= 15 is 0 Å². The standard InChI is InChI=1S/C24H27N3O2/c1-18-6-8-22(9-7-18)27-16-21(15-25-27)20-10-12-26(13-11-20)24(28)17-29-23-5-3-4-19(2)14-23/h3-9,14-16,20H,10-13,17H2,1-2H3. The van der Waals surface area contributed by atoms with Crippen LogP contribution in [0.3, 0.4) is 0 Å². The van der Waals surface area contributed by atoms with Crippen molar-refractivity contribution in [3.05, 3.63) is 77.6 Å². The quantitative estimate of drug-likeness (QED) is 0.655. The Kier molecular flexibility index (Phi) is 5.65. The van der Waals surface area contributed by atoms with E-state index in [2.05, 4.69) is 42.5 Å². The highest BCUT2D eigenvalue weighted by atomic mass is 16.5. The molecule has 5 nitrogen and oxygen atoms in total. The molecule has 0 N–H and O–H groups in total. The lowest BCUT2D eigenvalue weighted by molar-refractivity contribution is -0.134. The molecule has 0 aliphatic carbocycles. The second kappa shape index (κ2) is 8.52. The van der Waals surface area contributed by atoms with Crippen molar-refractivity contribution in [1.29, 1.82) is 0 Å². The van der Waals surface area contributed by atoms with Crippen LogP contribution in [-0.4, -0.2) is 40.3 Å². The molecule has 1 aliphatic heterocycles. The molecule has 150 valence electrons. The summed E-state index contributed by atoms with van der Waals surface area (Å²) >= 11 is 0. The van der Waals surface area contributed by atoms with Gasteiger partial charge in [0.25, 0.3) is 5.91 Å². The first-order chi connectivity index (χ1) is 14.1. The van der Waals surface area contributed by atoms with Gasteiger partial charge in [0.1, 0.15) is 5.75 Å². The number of rotatable bonds is 5. The molecule has 0 radical (unpaired) electrons. The summed E-state index contributed by atoms with van der Waals surface area (Å²) in [6.07, 6.45) is 5.99. The zero-order valence-corrected chi connectivity index (χ0v) is 17.0. The minimum atomic E-state index is 0.0558. The Morgan fingerprint density at radius 2 is 1.83 bits per heavy atom. The van der Waals surface area contributed by atoms with Crippen LogP contribution in [0.15, 0.2) is 60.9 Å². The van der Waals surface area contributed by atoms with Gasteiger partial charge in [0.15, 0.2) is 6.61 Å². The fourth-order valence-corrected chi connectivity index (χ4v) is 3.79. The summed E-state index contributed by atoms with van der Waals surface area (Å²) in [5.74, 6) is 1.24. The number of carbonyl (C=O) groups excluding carboxylic acids is 1. The highest BCUT2D eigenvalue weighted by molar-refractivity contribution is 5.77. The number of likely N-dealkylation sites (tertiary alicyclic amines) is 1. The molecule has 4 rings (SSSR count). The third-order valence-corrected chi connectivity index (χ3v) is 5.57. The third-order valence-electron chi connectivity index (χ3n) is 5.57. The minimum Gasteiger partial charge on any atom is -0.484 e. The summed E-state index contributed by atoms with van der Waals surface area (Å²) in [7, 11) is 0. The van der Waals surface area contributed by atoms with Crippen LogP contribution in [0.5, 0.6) is 5.75 Å². The van der Waals surface area contributed by atoms with Crippen LogP contribution in [0, 0.1) is 13.8 Å². The van der Waals surface area contributed by atoms with Gasteiger partial charge in [0.2, 0.25) is 0 Å². The summed E-state index contributed by atoms with van der Waals surface area (Å²) in [4.78, 5) is 14.4. The Labute approximate surface area is 171 Å². The van der Waals surface area contributed by atoms with Crippen LogP contribution < -0.4 is 4.74 Å². The number of aromatic nitrogens is 2. The van der Waals surface area contributed by atoms with Crippen LogP contribution in [0.2, 0.25) is 0 Å². The van der Waals surface area contributed by atoms with Crippen LogP contribution in [0.4, 0.5) is 0 Å². The molecule has 0 bridgehead atoms. The Bertz CT molecular complexity index is 970. The van der Waals surface area contributed by atoms with Gasteiger partial charge in [-0.1, -0.05) is 29.8 Å². The van der Waals surface area contributed by atoms with Crippen molar-refractivity contribution in [1.82, 2.24) is 14.7 Å². The van der Waals surface area contributed by atoms with Crippen molar-refractivity contribution in [2.24, 2.45) is 0 Å². The summed E-state index contributed by atoms with van der Waals surface area (Å²) in [5, 5.41) is 4.53. The van der Waals surface area contributed by atoms with Gasteiger partial charge in [-0.3, -0.25) is 4.79 Å². The van der Waals surface area contributed by atoms with Gasteiger partial charge in [-0.05, 0) is 68.0 Å². The SMILES string of the molecule is Cc1ccc(-n2cc(C3CCN(C(=O)COc4cccc(C)c4)CC3)cn2)cc1. The van der Waals surface area contributed by atoms with Crippen LogP contribution in [0.1, 0.15) is 35.4 Å². The highest BCUT2D eigenvalue weighted by Gasteiger charge is 2.25. The molecular weight excluding hydrogens is 362 g/mol. The average Bonchev–Trinajstić information content (AvgIpc) is 3.23. The van der Waals surface area contributed by atoms with Gasteiger partial charge in [-0.25, -0.2) is 4.68 Å². The van der Waals surface area contributed by atoms with Gasteiger partial charge in [-0.2, -0.15) is 5.10 Å². The number of benzene rings is 2. The first kappa shape index (κ1) is 19.2. The van der Waals surface area contributed by atoms with Gasteiger partial charge < -0.3 is 9.64 Å². The van der Waals surface area contributed by atoms with Crippen LogP contribution >= 0.6 is 0 Å². The van der Waals surface area contributed by atoms with E-state index in [-0.39, 0.29) is 12.5 Å². The number of hydrogen-bond donors (Lipinski definition) is 0. The zero-order chi connectivity index (χ0) is 20.2. The Balaban J connectivity index is 1.30. The van der Waals surface area contributed by atoms with Gasteiger partial charge in [0.05, 0.1) is 11.9 Å². The largest absolute Gasteiger partial charge is 0.484 e. The Morgan fingerprint density at radius 1 is 1.07 bits per heavy atom.